The molecule has 1 aromatic heterocycles. The van der Waals surface area contributed by atoms with Crippen LogP contribution in [0.2, 0.25) is 0 Å². The second-order valence-electron chi connectivity index (χ2n) is 4.43. The number of nitrogens with one attached hydrogen (secondary N) is 2. The van der Waals surface area contributed by atoms with Crippen molar-refractivity contribution in [3.05, 3.63) is 11.4 Å². The summed E-state index contributed by atoms with van der Waals surface area (Å²) < 4.78 is 32.0. The van der Waals surface area contributed by atoms with Crippen LogP contribution in [0.1, 0.15) is 24.2 Å². The van der Waals surface area contributed by atoms with Crippen LogP contribution < -0.4 is 4.72 Å². The number of aliphatic hydroxyl groups is 1. The van der Waals surface area contributed by atoms with Gasteiger partial charge in [-0.05, 0) is 19.8 Å². The quantitative estimate of drug-likeness (QED) is 0.682. The van der Waals surface area contributed by atoms with Gasteiger partial charge in [0.25, 0.3) is 0 Å². The van der Waals surface area contributed by atoms with Gasteiger partial charge in [-0.25, -0.2) is 13.1 Å². The van der Waals surface area contributed by atoms with Crippen molar-refractivity contribution in [2.45, 2.75) is 43.4 Å². The van der Waals surface area contributed by atoms with Crippen molar-refractivity contribution in [3.8, 4) is 0 Å². The molecule has 0 amide bonds. The Morgan fingerprint density at radius 1 is 1.56 bits per heavy atom. The molecule has 1 fully saturated rings. The van der Waals surface area contributed by atoms with E-state index in [1.54, 1.807) is 14.0 Å². The number of aromatic nitrogens is 2. The van der Waals surface area contributed by atoms with Crippen molar-refractivity contribution in [2.24, 2.45) is 0 Å². The lowest BCUT2D eigenvalue weighted by Gasteiger charge is -2.34. The number of hydrogen-bond donors (Lipinski definition) is 3. The minimum Gasteiger partial charge on any atom is -0.390 e. The molecule has 0 aromatic carbocycles. The van der Waals surface area contributed by atoms with Crippen LogP contribution in [0, 0.1) is 6.92 Å². The number of aryl methyl sites for hydroxylation is 1. The van der Waals surface area contributed by atoms with Gasteiger partial charge in [-0.1, -0.05) is 0 Å². The molecule has 1 aliphatic carbocycles. The molecule has 0 aliphatic heterocycles. The second kappa shape index (κ2) is 4.96. The Labute approximate surface area is 106 Å². The Hall–Kier alpha value is -0.960. The highest BCUT2D eigenvalue weighted by atomic mass is 32.2. The minimum atomic E-state index is -3.64. The van der Waals surface area contributed by atoms with E-state index in [9.17, 15) is 8.42 Å². The number of aliphatic hydroxyl groups excluding tert-OH is 1. The van der Waals surface area contributed by atoms with Crippen molar-refractivity contribution < 1.29 is 18.3 Å². The lowest BCUT2D eigenvalue weighted by Crippen LogP contribution is -2.47. The summed E-state index contributed by atoms with van der Waals surface area (Å²) in [6.07, 6.45) is 1.46. The Morgan fingerprint density at radius 2 is 2.22 bits per heavy atom. The molecule has 18 heavy (non-hydrogen) atoms. The van der Waals surface area contributed by atoms with Gasteiger partial charge in [-0.2, -0.15) is 5.10 Å². The van der Waals surface area contributed by atoms with Gasteiger partial charge in [0, 0.05) is 13.2 Å². The van der Waals surface area contributed by atoms with Crippen LogP contribution in [0.4, 0.5) is 0 Å². The summed E-state index contributed by atoms with van der Waals surface area (Å²) >= 11 is 0. The average molecular weight is 275 g/mol. The fourth-order valence-electron chi connectivity index (χ4n) is 2.07. The van der Waals surface area contributed by atoms with Crippen molar-refractivity contribution in [2.75, 3.05) is 7.11 Å². The lowest BCUT2D eigenvalue weighted by atomic mass is 9.90. The first-order valence-corrected chi connectivity index (χ1v) is 7.16. The van der Waals surface area contributed by atoms with Crippen LogP contribution in [0.5, 0.6) is 0 Å². The van der Waals surface area contributed by atoms with E-state index in [4.69, 9.17) is 9.84 Å². The number of sulfonamides is 1. The van der Waals surface area contributed by atoms with Crippen molar-refractivity contribution >= 4 is 10.0 Å². The summed E-state index contributed by atoms with van der Waals surface area (Å²) in [6, 6.07) is -0.110. The number of rotatable bonds is 5. The molecule has 0 spiro atoms. The first kappa shape index (κ1) is 13.5. The molecule has 102 valence electrons. The molecule has 0 bridgehead atoms. The Kier molecular flexibility index (Phi) is 3.71. The summed E-state index contributed by atoms with van der Waals surface area (Å²) in [5, 5.41) is 15.4. The van der Waals surface area contributed by atoms with E-state index in [0.29, 0.717) is 18.5 Å². The molecule has 1 aliphatic rings. The highest BCUT2D eigenvalue weighted by Gasteiger charge is 2.34. The molecule has 1 heterocycles. The largest absolute Gasteiger partial charge is 0.390 e. The average Bonchev–Trinajstić information content (AvgIpc) is 2.65. The normalized spacial score (nSPS) is 23.9. The molecular formula is C10H17N3O4S. The third-order valence-electron chi connectivity index (χ3n) is 3.13. The fraction of sp³-hybridized carbons (Fsp3) is 0.700. The standard InChI is InChI=1S/C10H17N3O4S/c1-6-10(9(5-14)12-11-6)18(15,16)13-7-3-8(4-7)17-2/h7-8,13-14H,3-5H2,1-2H3,(H,11,12). The lowest BCUT2D eigenvalue weighted by molar-refractivity contribution is 0.0236. The Bertz CT molecular complexity index is 519. The van der Waals surface area contributed by atoms with Gasteiger partial charge in [-0.3, -0.25) is 5.10 Å². The SMILES string of the molecule is COC1CC(NS(=O)(=O)c2c(CO)n[nH]c2C)C1. The maximum Gasteiger partial charge on any atom is 0.244 e. The zero-order chi connectivity index (χ0) is 13.3. The predicted molar refractivity (Wildman–Crippen MR) is 63.4 cm³/mol. The van der Waals surface area contributed by atoms with Crippen LogP contribution >= 0.6 is 0 Å². The van der Waals surface area contributed by atoms with Crippen molar-refractivity contribution in [3.63, 3.8) is 0 Å². The van der Waals surface area contributed by atoms with E-state index in [2.05, 4.69) is 14.9 Å². The highest BCUT2D eigenvalue weighted by Crippen LogP contribution is 2.26. The van der Waals surface area contributed by atoms with Gasteiger partial charge in [0.15, 0.2) is 0 Å². The third kappa shape index (κ3) is 2.41. The first-order valence-electron chi connectivity index (χ1n) is 5.67. The van der Waals surface area contributed by atoms with Crippen LogP contribution in [0.15, 0.2) is 4.90 Å². The van der Waals surface area contributed by atoms with Crippen LogP contribution in [-0.4, -0.2) is 43.0 Å². The maximum atomic E-state index is 12.2. The number of ether oxygens (including phenoxy) is 1. The van der Waals surface area contributed by atoms with Gasteiger partial charge in [-0.15, -0.1) is 0 Å². The molecule has 2 rings (SSSR count). The molecule has 1 saturated carbocycles. The molecule has 8 heteroatoms. The third-order valence-corrected chi connectivity index (χ3v) is 4.85. The molecule has 0 radical (unpaired) electrons. The van der Waals surface area contributed by atoms with Crippen molar-refractivity contribution in [1.82, 2.24) is 14.9 Å². The maximum absolute atomic E-state index is 12.2. The summed E-state index contributed by atoms with van der Waals surface area (Å²) in [6.45, 7) is 1.20. The van der Waals surface area contributed by atoms with E-state index >= 15 is 0 Å². The fourth-order valence-corrected chi connectivity index (χ4v) is 3.68. The molecule has 0 unspecified atom stereocenters. The Morgan fingerprint density at radius 3 is 2.78 bits per heavy atom. The minimum absolute atomic E-state index is 0.0471. The van der Waals surface area contributed by atoms with Gasteiger partial charge in [0.1, 0.15) is 10.6 Å². The second-order valence-corrected chi connectivity index (χ2v) is 6.08. The molecule has 0 saturated heterocycles. The summed E-state index contributed by atoms with van der Waals surface area (Å²) in [4.78, 5) is 0.0471. The van der Waals surface area contributed by atoms with Crippen LogP contribution in [0.3, 0.4) is 0 Å². The molecule has 3 N–H and O–H groups in total. The summed E-state index contributed by atoms with van der Waals surface area (Å²) in [7, 11) is -2.03. The van der Waals surface area contributed by atoms with Gasteiger partial charge in [0.2, 0.25) is 10.0 Å². The number of nitrogens with zero attached hydrogens (tertiary/aromatic N) is 1. The monoisotopic (exact) mass is 275 g/mol. The molecule has 7 nitrogen and oxygen atoms in total. The predicted octanol–water partition coefficient (Wildman–Crippen LogP) is -0.334. The topological polar surface area (TPSA) is 104 Å². The number of aromatic amines is 1. The zero-order valence-corrected chi connectivity index (χ0v) is 11.1. The smallest absolute Gasteiger partial charge is 0.244 e. The van der Waals surface area contributed by atoms with E-state index in [1.165, 1.54) is 0 Å². The van der Waals surface area contributed by atoms with E-state index in [0.717, 1.165) is 0 Å². The van der Waals surface area contributed by atoms with Gasteiger partial charge >= 0.3 is 0 Å². The van der Waals surface area contributed by atoms with E-state index in [1.807, 2.05) is 0 Å². The van der Waals surface area contributed by atoms with E-state index in [-0.39, 0.29) is 22.7 Å². The van der Waals surface area contributed by atoms with Crippen molar-refractivity contribution in [1.29, 1.82) is 0 Å². The highest BCUT2D eigenvalue weighted by molar-refractivity contribution is 7.89. The summed E-state index contributed by atoms with van der Waals surface area (Å²) in [5.74, 6) is 0. The van der Waals surface area contributed by atoms with Gasteiger partial charge in [0.05, 0.1) is 18.4 Å². The first-order chi connectivity index (χ1) is 8.47. The Balaban J connectivity index is 2.14. The van der Waals surface area contributed by atoms with Crippen LogP contribution in [-0.2, 0) is 21.4 Å². The number of H-pyrrole nitrogens is 1. The van der Waals surface area contributed by atoms with Gasteiger partial charge < -0.3 is 9.84 Å². The zero-order valence-electron chi connectivity index (χ0n) is 10.3. The van der Waals surface area contributed by atoms with E-state index < -0.39 is 16.6 Å². The molecular weight excluding hydrogens is 258 g/mol. The number of methoxy groups -OCH3 is 1. The number of hydrogen-bond acceptors (Lipinski definition) is 5. The van der Waals surface area contributed by atoms with Crippen LogP contribution in [0.25, 0.3) is 0 Å². The summed E-state index contributed by atoms with van der Waals surface area (Å²) in [5.41, 5.74) is 0.566. The molecule has 0 atom stereocenters. The molecule has 1 aromatic rings.